The van der Waals surface area contributed by atoms with Crippen molar-refractivity contribution in [3.63, 3.8) is 0 Å². The van der Waals surface area contributed by atoms with Crippen LogP contribution < -0.4 is 14.8 Å². The molecule has 1 aromatic carbocycles. The summed E-state index contributed by atoms with van der Waals surface area (Å²) in [5.41, 5.74) is 1.51. The summed E-state index contributed by atoms with van der Waals surface area (Å²) < 4.78 is 32.3. The van der Waals surface area contributed by atoms with Gasteiger partial charge in [-0.25, -0.2) is 8.42 Å². The first-order chi connectivity index (χ1) is 12.3. The number of sulfonamides is 1. The number of carbonyl (C=O) groups excluding carboxylic acids is 1. The molecule has 0 bridgehead atoms. The summed E-state index contributed by atoms with van der Waals surface area (Å²) in [6.45, 7) is 4.74. The van der Waals surface area contributed by atoms with Crippen molar-refractivity contribution in [3.8, 4) is 17.6 Å². The molecule has 2 rings (SSSR count). The maximum atomic E-state index is 12.2. The Labute approximate surface area is 152 Å². The van der Waals surface area contributed by atoms with Crippen LogP contribution in [0.25, 0.3) is 0 Å². The van der Waals surface area contributed by atoms with Crippen molar-refractivity contribution in [2.45, 2.75) is 25.7 Å². The summed E-state index contributed by atoms with van der Waals surface area (Å²) in [5, 5.41) is 9.16. The molecule has 1 heterocycles. The Balaban J connectivity index is 1.85. The maximum absolute atomic E-state index is 12.2. The van der Waals surface area contributed by atoms with Gasteiger partial charge >= 0.3 is 0 Å². The molecule has 0 aliphatic carbocycles. The van der Waals surface area contributed by atoms with Crippen LogP contribution in [0.1, 0.15) is 18.3 Å². The van der Waals surface area contributed by atoms with Gasteiger partial charge in [0.1, 0.15) is 17.3 Å². The maximum Gasteiger partial charge on any atom is 0.245 e. The molecule has 3 N–H and O–H groups in total. The largest absolute Gasteiger partial charge is 0.481 e. The van der Waals surface area contributed by atoms with Crippen LogP contribution >= 0.6 is 0 Å². The Morgan fingerprint density at radius 1 is 1.31 bits per heavy atom. The normalized spacial score (nSPS) is 10.7. The Morgan fingerprint density at radius 3 is 2.73 bits per heavy atom. The van der Waals surface area contributed by atoms with E-state index in [1.165, 1.54) is 6.92 Å². The summed E-state index contributed by atoms with van der Waals surface area (Å²) in [5.74, 6) is 5.81. The number of nitrogens with one attached hydrogen (secondary N) is 3. The lowest BCUT2D eigenvalue weighted by Crippen LogP contribution is -2.25. The van der Waals surface area contributed by atoms with Crippen molar-refractivity contribution in [1.82, 2.24) is 14.9 Å². The molecule has 8 nitrogen and oxygen atoms in total. The zero-order chi connectivity index (χ0) is 19.2. The van der Waals surface area contributed by atoms with Gasteiger partial charge in [-0.3, -0.25) is 9.89 Å². The summed E-state index contributed by atoms with van der Waals surface area (Å²) in [6.07, 6.45) is 0. The molecule has 0 saturated carbocycles. The van der Waals surface area contributed by atoms with Crippen LogP contribution in [0, 0.1) is 25.7 Å². The lowest BCUT2D eigenvalue weighted by atomic mass is 10.3. The zero-order valence-electron chi connectivity index (χ0n) is 14.7. The quantitative estimate of drug-likeness (QED) is 0.659. The molecule has 0 aliphatic heterocycles. The third kappa shape index (κ3) is 5.34. The van der Waals surface area contributed by atoms with Crippen molar-refractivity contribution in [1.29, 1.82) is 0 Å². The number of hydrogen-bond donors (Lipinski definition) is 3. The summed E-state index contributed by atoms with van der Waals surface area (Å²) >= 11 is 0. The van der Waals surface area contributed by atoms with Crippen LogP contribution in [0.5, 0.6) is 5.75 Å². The first-order valence-electron chi connectivity index (χ1n) is 7.77. The highest BCUT2D eigenvalue weighted by atomic mass is 32.2. The molecule has 0 aliphatic rings. The van der Waals surface area contributed by atoms with E-state index in [9.17, 15) is 13.2 Å². The van der Waals surface area contributed by atoms with Gasteiger partial charge in [0.2, 0.25) is 15.9 Å². The Morgan fingerprint density at radius 2 is 2.08 bits per heavy atom. The third-order valence-corrected chi connectivity index (χ3v) is 4.93. The minimum Gasteiger partial charge on any atom is -0.481 e. The molecule has 1 amide bonds. The van der Waals surface area contributed by atoms with E-state index in [0.29, 0.717) is 22.8 Å². The van der Waals surface area contributed by atoms with Crippen LogP contribution in [0.15, 0.2) is 29.2 Å². The summed E-state index contributed by atoms with van der Waals surface area (Å²) in [6, 6.07) is 6.91. The number of anilines is 1. The number of benzene rings is 1. The lowest BCUT2D eigenvalue weighted by molar-refractivity contribution is -0.114. The summed E-state index contributed by atoms with van der Waals surface area (Å²) in [4.78, 5) is 11.2. The Kier molecular flexibility index (Phi) is 6.38. The smallest absolute Gasteiger partial charge is 0.245 e. The van der Waals surface area contributed by atoms with Crippen LogP contribution in [0.4, 0.5) is 5.69 Å². The van der Waals surface area contributed by atoms with Crippen LogP contribution in [-0.2, 0) is 14.8 Å². The molecular weight excluding hydrogens is 356 g/mol. The lowest BCUT2D eigenvalue weighted by Gasteiger charge is -2.05. The predicted molar refractivity (Wildman–Crippen MR) is 97.3 cm³/mol. The molecule has 138 valence electrons. The monoisotopic (exact) mass is 376 g/mol. The van der Waals surface area contributed by atoms with Gasteiger partial charge in [-0.15, -0.1) is 0 Å². The third-order valence-electron chi connectivity index (χ3n) is 3.27. The number of ether oxygens (including phenoxy) is 1. The second-order valence-electron chi connectivity index (χ2n) is 5.44. The van der Waals surface area contributed by atoms with Gasteiger partial charge in [0.05, 0.1) is 17.9 Å². The number of carbonyl (C=O) groups is 1. The zero-order valence-corrected chi connectivity index (χ0v) is 15.5. The number of nitrogens with zero attached hydrogens (tertiary/aromatic N) is 1. The summed E-state index contributed by atoms with van der Waals surface area (Å²) in [7, 11) is -3.66. The minimum atomic E-state index is -3.66. The van der Waals surface area contributed by atoms with Gasteiger partial charge in [-0.05, 0) is 26.0 Å². The van der Waals surface area contributed by atoms with Gasteiger partial charge < -0.3 is 10.1 Å². The molecule has 2 aromatic rings. The fourth-order valence-electron chi connectivity index (χ4n) is 2.24. The van der Waals surface area contributed by atoms with Gasteiger partial charge in [0, 0.05) is 18.7 Å². The number of H-pyrrole nitrogens is 1. The van der Waals surface area contributed by atoms with Crippen molar-refractivity contribution in [2.75, 3.05) is 18.5 Å². The standard InChI is InChI=1S/C17H20N4O4S/c1-12-17(13(2)21-20-12)26(23,24)18-9-4-5-10-25-16-8-6-7-15(11-16)19-14(3)22/h6-8,11,18H,9-10H2,1-3H3,(H,19,22)(H,20,21). The molecule has 0 fully saturated rings. The van der Waals surface area contributed by atoms with Crippen molar-refractivity contribution < 1.29 is 17.9 Å². The molecule has 1 aromatic heterocycles. The molecule has 0 radical (unpaired) electrons. The molecule has 0 atom stereocenters. The second-order valence-corrected chi connectivity index (χ2v) is 7.14. The van der Waals surface area contributed by atoms with Crippen LogP contribution in [0.2, 0.25) is 0 Å². The number of amides is 1. The minimum absolute atomic E-state index is 0.0400. The second kappa shape index (κ2) is 8.51. The van der Waals surface area contributed by atoms with Crippen molar-refractivity contribution >= 4 is 21.6 Å². The average Bonchev–Trinajstić information content (AvgIpc) is 2.90. The van der Waals surface area contributed by atoms with E-state index in [1.807, 2.05) is 0 Å². The Bertz CT molecular complexity index is 935. The topological polar surface area (TPSA) is 113 Å². The van der Waals surface area contributed by atoms with Gasteiger partial charge in [0.15, 0.2) is 0 Å². The van der Waals surface area contributed by atoms with E-state index >= 15 is 0 Å². The molecule has 26 heavy (non-hydrogen) atoms. The molecule has 0 unspecified atom stereocenters. The van der Waals surface area contributed by atoms with Gasteiger partial charge in [0.25, 0.3) is 0 Å². The predicted octanol–water partition coefficient (Wildman–Crippen LogP) is 1.35. The van der Waals surface area contributed by atoms with E-state index < -0.39 is 10.0 Å². The first kappa shape index (κ1) is 19.5. The molecule has 0 saturated heterocycles. The van der Waals surface area contributed by atoms with Gasteiger partial charge in [-0.2, -0.15) is 9.82 Å². The van der Waals surface area contributed by atoms with Crippen molar-refractivity contribution in [2.24, 2.45) is 0 Å². The Hall–Kier alpha value is -2.83. The van der Waals surface area contributed by atoms with E-state index in [2.05, 4.69) is 32.1 Å². The average molecular weight is 376 g/mol. The van der Waals surface area contributed by atoms with Crippen LogP contribution in [0.3, 0.4) is 0 Å². The fourth-order valence-corrected chi connectivity index (χ4v) is 3.53. The molecule has 9 heteroatoms. The highest BCUT2D eigenvalue weighted by molar-refractivity contribution is 7.89. The number of aromatic nitrogens is 2. The molecular formula is C17H20N4O4S. The number of aromatic amines is 1. The highest BCUT2D eigenvalue weighted by Crippen LogP contribution is 2.17. The van der Waals surface area contributed by atoms with Crippen molar-refractivity contribution in [3.05, 3.63) is 35.7 Å². The van der Waals surface area contributed by atoms with E-state index in [1.54, 1.807) is 38.1 Å². The number of aryl methyl sites for hydroxylation is 2. The molecule has 0 spiro atoms. The van der Waals surface area contributed by atoms with E-state index in [-0.39, 0.29) is 24.0 Å². The van der Waals surface area contributed by atoms with E-state index in [4.69, 9.17) is 4.74 Å². The van der Waals surface area contributed by atoms with Crippen LogP contribution in [-0.4, -0.2) is 37.7 Å². The SMILES string of the molecule is CC(=O)Nc1cccc(OCC#CCNS(=O)(=O)c2c(C)n[nH]c2C)c1. The fraction of sp³-hybridized carbons (Fsp3) is 0.294. The van der Waals surface area contributed by atoms with E-state index in [0.717, 1.165) is 0 Å². The number of hydrogen-bond acceptors (Lipinski definition) is 5. The highest BCUT2D eigenvalue weighted by Gasteiger charge is 2.21. The van der Waals surface area contributed by atoms with Gasteiger partial charge in [-0.1, -0.05) is 17.9 Å². The first-order valence-corrected chi connectivity index (χ1v) is 9.25. The number of rotatable bonds is 6.